The molecule has 1 aliphatic heterocycles. The van der Waals surface area contributed by atoms with E-state index in [1.54, 1.807) is 12.1 Å². The Hall–Kier alpha value is -1.95. The predicted octanol–water partition coefficient (Wildman–Crippen LogP) is 5.53. The van der Waals surface area contributed by atoms with Gasteiger partial charge in [0.25, 0.3) is 0 Å². The lowest BCUT2D eigenvalue weighted by atomic mass is 9.78. The van der Waals surface area contributed by atoms with Crippen LogP contribution in [0.1, 0.15) is 60.3 Å². The van der Waals surface area contributed by atoms with Gasteiger partial charge in [-0.2, -0.15) is 0 Å². The van der Waals surface area contributed by atoms with Gasteiger partial charge in [0, 0.05) is 17.5 Å². The Bertz CT molecular complexity index is 995. The van der Waals surface area contributed by atoms with Gasteiger partial charge in [0.05, 0.1) is 12.2 Å². The number of halogens is 3. The number of benzene rings is 2. The Kier molecular flexibility index (Phi) is 5.91. The molecule has 1 aromatic heterocycles. The lowest BCUT2D eigenvalue weighted by Gasteiger charge is -2.28. The summed E-state index contributed by atoms with van der Waals surface area (Å²) in [6, 6.07) is 13.0. The Morgan fingerprint density at radius 3 is 2.41 bits per heavy atom. The van der Waals surface area contributed by atoms with Crippen molar-refractivity contribution in [2.24, 2.45) is 0 Å². The monoisotopic (exact) mass is 432 g/mol. The number of rotatable bonds is 2. The second kappa shape index (κ2) is 8.42. The van der Waals surface area contributed by atoms with E-state index in [0.717, 1.165) is 54.6 Å². The van der Waals surface area contributed by atoms with Crippen LogP contribution in [0.15, 0.2) is 42.5 Å². The van der Waals surface area contributed by atoms with Gasteiger partial charge in [0.15, 0.2) is 5.82 Å². The molecule has 4 nitrogen and oxygen atoms in total. The summed E-state index contributed by atoms with van der Waals surface area (Å²) in [6.45, 7) is 1.47. The van der Waals surface area contributed by atoms with Crippen LogP contribution in [-0.4, -0.2) is 14.8 Å². The van der Waals surface area contributed by atoms with Gasteiger partial charge in [-0.1, -0.05) is 23.7 Å². The molecule has 2 aliphatic rings. The smallest absolute Gasteiger partial charge is 0.151 e. The molecule has 29 heavy (non-hydrogen) atoms. The average molecular weight is 433 g/mol. The molecule has 2 heterocycles. The maximum Gasteiger partial charge on any atom is 0.151 e. The van der Waals surface area contributed by atoms with Gasteiger partial charge >= 0.3 is 0 Å². The molecule has 1 aliphatic carbocycles. The van der Waals surface area contributed by atoms with E-state index in [4.69, 9.17) is 11.6 Å². The first-order valence-corrected chi connectivity index (χ1v) is 10.3. The molecule has 0 atom stereocenters. The fourth-order valence-corrected chi connectivity index (χ4v) is 4.81. The van der Waals surface area contributed by atoms with Crippen molar-refractivity contribution in [3.63, 3.8) is 0 Å². The van der Waals surface area contributed by atoms with Crippen molar-refractivity contribution in [1.82, 2.24) is 20.1 Å². The first kappa shape index (κ1) is 20.3. The third-order valence-electron chi connectivity index (χ3n) is 6.07. The predicted molar refractivity (Wildman–Crippen MR) is 115 cm³/mol. The molecule has 1 saturated carbocycles. The molecule has 7 heteroatoms. The third-order valence-corrected chi connectivity index (χ3v) is 6.30. The highest BCUT2D eigenvalue weighted by Crippen LogP contribution is 2.41. The van der Waals surface area contributed by atoms with Crippen LogP contribution in [0.5, 0.6) is 0 Å². The van der Waals surface area contributed by atoms with Crippen LogP contribution in [0, 0.1) is 5.82 Å². The van der Waals surface area contributed by atoms with E-state index < -0.39 is 0 Å². The van der Waals surface area contributed by atoms with Crippen molar-refractivity contribution in [2.75, 3.05) is 0 Å². The molecule has 5 rings (SSSR count). The number of nitrogens with zero attached hydrogens (tertiary/aromatic N) is 3. The minimum absolute atomic E-state index is 0. The van der Waals surface area contributed by atoms with Gasteiger partial charge in [0.1, 0.15) is 11.6 Å². The van der Waals surface area contributed by atoms with Crippen molar-refractivity contribution in [1.29, 1.82) is 0 Å². The number of aromatic nitrogens is 3. The zero-order chi connectivity index (χ0) is 19.1. The van der Waals surface area contributed by atoms with Crippen molar-refractivity contribution in [2.45, 2.75) is 50.6 Å². The van der Waals surface area contributed by atoms with E-state index in [1.165, 1.54) is 11.1 Å². The summed E-state index contributed by atoms with van der Waals surface area (Å²) in [7, 11) is 0. The van der Waals surface area contributed by atoms with E-state index >= 15 is 0 Å². The lowest BCUT2D eigenvalue weighted by molar-refractivity contribution is 0.382. The fraction of sp³-hybridized carbons (Fsp3) is 0.364. The Labute approximate surface area is 180 Å². The maximum absolute atomic E-state index is 13.2. The SMILES string of the molecule is Cl.Fc1ccc(C2CCC(c3nnc4n3-c3ccc(Cl)cc3CNC4)CC2)cc1. The maximum atomic E-state index is 13.2. The summed E-state index contributed by atoms with van der Waals surface area (Å²) in [5, 5.41) is 13.2. The van der Waals surface area contributed by atoms with Crippen LogP contribution in [-0.2, 0) is 13.1 Å². The van der Waals surface area contributed by atoms with Gasteiger partial charge in [-0.25, -0.2) is 4.39 Å². The van der Waals surface area contributed by atoms with Crippen LogP contribution in [0.3, 0.4) is 0 Å². The van der Waals surface area contributed by atoms with Crippen molar-refractivity contribution in [3.8, 4) is 5.69 Å². The van der Waals surface area contributed by atoms with Crippen LogP contribution in [0.4, 0.5) is 4.39 Å². The summed E-state index contributed by atoms with van der Waals surface area (Å²) >= 11 is 6.21. The van der Waals surface area contributed by atoms with Crippen LogP contribution in [0.2, 0.25) is 5.02 Å². The van der Waals surface area contributed by atoms with Crippen LogP contribution >= 0.6 is 24.0 Å². The second-order valence-corrected chi connectivity index (χ2v) is 8.22. The quantitative estimate of drug-likeness (QED) is 0.578. The molecule has 2 aromatic carbocycles. The molecular formula is C22H23Cl2FN4. The number of fused-ring (bicyclic) bond motifs is 3. The molecule has 0 amide bonds. The first-order valence-electron chi connectivity index (χ1n) is 9.88. The van der Waals surface area contributed by atoms with Crippen LogP contribution < -0.4 is 5.32 Å². The van der Waals surface area contributed by atoms with Gasteiger partial charge < -0.3 is 5.32 Å². The minimum atomic E-state index is -0.170. The molecule has 152 valence electrons. The molecule has 1 N–H and O–H groups in total. The Morgan fingerprint density at radius 2 is 1.66 bits per heavy atom. The fourth-order valence-electron chi connectivity index (χ4n) is 4.61. The number of nitrogens with one attached hydrogen (secondary N) is 1. The summed E-state index contributed by atoms with van der Waals surface area (Å²) in [5.41, 5.74) is 3.54. The summed E-state index contributed by atoms with van der Waals surface area (Å²) in [4.78, 5) is 0. The highest BCUT2D eigenvalue weighted by atomic mass is 35.5. The highest BCUT2D eigenvalue weighted by molar-refractivity contribution is 6.30. The van der Waals surface area contributed by atoms with Gasteiger partial charge in [0.2, 0.25) is 0 Å². The van der Waals surface area contributed by atoms with Crippen LogP contribution in [0.25, 0.3) is 5.69 Å². The zero-order valence-electron chi connectivity index (χ0n) is 15.9. The van der Waals surface area contributed by atoms with Gasteiger partial charge in [-0.15, -0.1) is 22.6 Å². The largest absolute Gasteiger partial charge is 0.306 e. The number of hydrogen-bond donors (Lipinski definition) is 1. The van der Waals surface area contributed by atoms with Crippen molar-refractivity contribution < 1.29 is 4.39 Å². The summed E-state index contributed by atoms with van der Waals surface area (Å²) in [5.74, 6) is 2.73. The average Bonchev–Trinajstić information content (AvgIpc) is 3.04. The second-order valence-electron chi connectivity index (χ2n) is 7.79. The topological polar surface area (TPSA) is 42.7 Å². The Morgan fingerprint density at radius 1 is 0.931 bits per heavy atom. The van der Waals surface area contributed by atoms with E-state index in [2.05, 4.69) is 26.1 Å². The summed E-state index contributed by atoms with van der Waals surface area (Å²) < 4.78 is 15.4. The molecule has 0 bridgehead atoms. The highest BCUT2D eigenvalue weighted by Gasteiger charge is 2.29. The van der Waals surface area contributed by atoms with Gasteiger partial charge in [-0.05, 0) is 73.1 Å². The minimum Gasteiger partial charge on any atom is -0.306 e. The molecular weight excluding hydrogens is 410 g/mol. The Balaban J connectivity index is 0.00000205. The molecule has 0 radical (unpaired) electrons. The summed E-state index contributed by atoms with van der Waals surface area (Å²) in [6.07, 6.45) is 4.31. The van der Waals surface area contributed by atoms with E-state index in [0.29, 0.717) is 18.4 Å². The first-order chi connectivity index (χ1) is 13.7. The normalized spacial score (nSPS) is 20.9. The van der Waals surface area contributed by atoms with E-state index in [-0.39, 0.29) is 18.2 Å². The van der Waals surface area contributed by atoms with E-state index in [1.807, 2.05) is 24.3 Å². The molecule has 3 aromatic rings. The lowest BCUT2D eigenvalue weighted by Crippen LogP contribution is -2.17. The van der Waals surface area contributed by atoms with Crippen molar-refractivity contribution in [3.05, 3.63) is 76.1 Å². The molecule has 1 fully saturated rings. The third kappa shape index (κ3) is 3.91. The molecule has 0 spiro atoms. The molecule has 0 unspecified atom stereocenters. The standard InChI is InChI=1S/C22H22ClFN4.ClH/c23-18-7-10-20-17(11-18)12-25-13-21-26-27-22(28(20)21)16-3-1-14(2-4-16)15-5-8-19(24)9-6-15;/h5-11,14,16,25H,1-4,12-13H2;1H. The number of hydrogen-bond acceptors (Lipinski definition) is 3. The van der Waals surface area contributed by atoms with Crippen molar-refractivity contribution >= 4 is 24.0 Å². The van der Waals surface area contributed by atoms with E-state index in [9.17, 15) is 4.39 Å². The van der Waals surface area contributed by atoms with Gasteiger partial charge in [-0.3, -0.25) is 4.57 Å². The molecule has 0 saturated heterocycles. The zero-order valence-corrected chi connectivity index (χ0v) is 17.5.